The molecule has 0 bridgehead atoms. The van der Waals surface area contributed by atoms with Crippen LogP contribution in [0, 0.1) is 0 Å². The van der Waals surface area contributed by atoms with Crippen molar-refractivity contribution in [3.05, 3.63) is 35.9 Å². The lowest BCUT2D eigenvalue weighted by atomic mass is 9.77. The second-order valence-corrected chi connectivity index (χ2v) is 12.6. The lowest BCUT2D eigenvalue weighted by molar-refractivity contribution is -0.368. The summed E-state index contributed by atoms with van der Waals surface area (Å²) >= 11 is 0. The highest BCUT2D eigenvalue weighted by molar-refractivity contribution is 5.17. The van der Waals surface area contributed by atoms with Gasteiger partial charge in [-0.05, 0) is 53.0 Å². The summed E-state index contributed by atoms with van der Waals surface area (Å²) in [4.78, 5) is 6.68. The third-order valence-electron chi connectivity index (χ3n) is 7.76. The molecule has 1 atom stereocenters. The minimum absolute atomic E-state index is 0.0136. The first kappa shape index (κ1) is 32.3. The highest BCUT2D eigenvalue weighted by Gasteiger charge is 2.55. The van der Waals surface area contributed by atoms with Crippen molar-refractivity contribution in [1.82, 2.24) is 5.06 Å². The third kappa shape index (κ3) is 11.0. The van der Waals surface area contributed by atoms with Crippen molar-refractivity contribution < 1.29 is 14.3 Å². The van der Waals surface area contributed by atoms with Crippen molar-refractivity contribution in [1.29, 1.82) is 0 Å². The van der Waals surface area contributed by atoms with Crippen molar-refractivity contribution in [2.45, 2.75) is 161 Å². The molecule has 1 saturated heterocycles. The third-order valence-corrected chi connectivity index (χ3v) is 7.76. The molecule has 1 aromatic carbocycles. The number of hydrogen-bond donors (Lipinski definition) is 0. The van der Waals surface area contributed by atoms with Gasteiger partial charge in [-0.15, -0.1) is 0 Å². The topological polar surface area (TPSA) is 30.9 Å². The Hall–Kier alpha value is -0.940. The number of ether oxygens (including phenoxy) is 2. The molecule has 214 valence electrons. The monoisotopic (exact) mass is 517 g/mol. The van der Waals surface area contributed by atoms with Crippen molar-refractivity contribution in [2.24, 2.45) is 0 Å². The Balaban J connectivity index is 2.05. The Morgan fingerprint density at radius 3 is 1.57 bits per heavy atom. The Morgan fingerprint density at radius 2 is 1.11 bits per heavy atom. The van der Waals surface area contributed by atoms with E-state index in [1.807, 2.05) is 0 Å². The molecule has 0 N–H and O–H groups in total. The molecule has 1 unspecified atom stereocenters. The molecule has 1 fully saturated rings. The van der Waals surface area contributed by atoms with Crippen molar-refractivity contribution in [2.75, 3.05) is 13.2 Å². The van der Waals surface area contributed by atoms with Gasteiger partial charge in [0.05, 0.1) is 13.2 Å². The highest BCUT2D eigenvalue weighted by atomic mass is 16.7. The van der Waals surface area contributed by atoms with E-state index < -0.39 is 5.79 Å². The lowest BCUT2D eigenvalue weighted by Crippen LogP contribution is -2.66. The van der Waals surface area contributed by atoms with E-state index >= 15 is 0 Å². The molecule has 2 rings (SSSR count). The van der Waals surface area contributed by atoms with Gasteiger partial charge in [0.2, 0.25) is 0 Å². The number of hydrogen-bond acceptors (Lipinski definition) is 4. The molecule has 0 aromatic heterocycles. The smallest absolute Gasteiger partial charge is 0.171 e. The predicted octanol–water partition coefficient (Wildman–Crippen LogP) is 9.78. The summed E-state index contributed by atoms with van der Waals surface area (Å²) < 4.78 is 13.5. The summed E-state index contributed by atoms with van der Waals surface area (Å²) in [6.45, 7) is 17.4. The minimum atomic E-state index is -0.560. The van der Waals surface area contributed by atoms with E-state index in [0.29, 0.717) is 0 Å². The van der Waals surface area contributed by atoms with E-state index in [-0.39, 0.29) is 17.2 Å². The number of hydroxylamine groups is 2. The van der Waals surface area contributed by atoms with Gasteiger partial charge in [-0.2, -0.15) is 5.06 Å². The fraction of sp³-hybridized carbons (Fsp3) is 0.818. The van der Waals surface area contributed by atoms with Crippen LogP contribution in [-0.4, -0.2) is 35.1 Å². The zero-order valence-electron chi connectivity index (χ0n) is 25.4. The fourth-order valence-corrected chi connectivity index (χ4v) is 6.10. The molecule has 4 nitrogen and oxygen atoms in total. The summed E-state index contributed by atoms with van der Waals surface area (Å²) in [6.07, 6.45) is 16.8. The molecular formula is C33H59NO3. The summed E-state index contributed by atoms with van der Waals surface area (Å²) in [6, 6.07) is 10.5. The van der Waals surface area contributed by atoms with Crippen LogP contribution in [0.25, 0.3) is 0 Å². The standard InChI is InChI=1S/C33H59NO3/c1-8-10-12-14-16-21-25-35-33(36-26-22-17-15-13-11-9-2)27-31(4,5)34(32(6,7)28-33)37-29(3)30-23-19-18-20-24-30/h18-20,23-24,29H,8-17,21-22,25-28H2,1-7H3. The maximum Gasteiger partial charge on any atom is 0.171 e. The van der Waals surface area contributed by atoms with Crippen LogP contribution in [0.5, 0.6) is 0 Å². The van der Waals surface area contributed by atoms with Crippen LogP contribution in [0.4, 0.5) is 0 Å². The van der Waals surface area contributed by atoms with E-state index in [9.17, 15) is 0 Å². The Kier molecular flexibility index (Phi) is 14.2. The van der Waals surface area contributed by atoms with E-state index in [1.54, 1.807) is 0 Å². The van der Waals surface area contributed by atoms with Gasteiger partial charge in [0.25, 0.3) is 0 Å². The SMILES string of the molecule is CCCCCCCCOC1(OCCCCCCCC)CC(C)(C)N(OC(C)c2ccccc2)C(C)(C)C1. The normalized spacial score (nSPS) is 19.6. The molecule has 1 aromatic rings. The summed E-state index contributed by atoms with van der Waals surface area (Å²) in [7, 11) is 0. The Morgan fingerprint density at radius 1 is 0.676 bits per heavy atom. The van der Waals surface area contributed by atoms with E-state index in [2.05, 4.69) is 83.9 Å². The van der Waals surface area contributed by atoms with E-state index in [4.69, 9.17) is 14.3 Å². The van der Waals surface area contributed by atoms with E-state index in [1.165, 1.54) is 69.8 Å². The Bertz CT molecular complexity index is 680. The maximum absolute atomic E-state index is 6.73. The summed E-state index contributed by atoms with van der Waals surface area (Å²) in [5.74, 6) is -0.560. The number of benzene rings is 1. The van der Waals surface area contributed by atoms with Crippen LogP contribution in [0.1, 0.15) is 150 Å². The summed E-state index contributed by atoms with van der Waals surface area (Å²) in [5, 5.41) is 2.23. The summed E-state index contributed by atoms with van der Waals surface area (Å²) in [5.41, 5.74) is 0.740. The molecule has 37 heavy (non-hydrogen) atoms. The molecular weight excluding hydrogens is 458 g/mol. The number of rotatable bonds is 19. The van der Waals surface area contributed by atoms with Gasteiger partial charge in [0, 0.05) is 23.9 Å². The van der Waals surface area contributed by atoms with Gasteiger partial charge >= 0.3 is 0 Å². The van der Waals surface area contributed by atoms with Gasteiger partial charge in [-0.25, -0.2) is 0 Å². The zero-order chi connectivity index (χ0) is 27.2. The van der Waals surface area contributed by atoms with Gasteiger partial charge in [-0.3, -0.25) is 4.84 Å². The first-order chi connectivity index (χ1) is 17.7. The fourth-order valence-electron chi connectivity index (χ4n) is 6.10. The molecule has 1 heterocycles. The van der Waals surface area contributed by atoms with Crippen molar-refractivity contribution >= 4 is 0 Å². The minimum Gasteiger partial charge on any atom is -0.350 e. The second-order valence-electron chi connectivity index (χ2n) is 12.6. The molecule has 0 saturated carbocycles. The zero-order valence-corrected chi connectivity index (χ0v) is 25.4. The van der Waals surface area contributed by atoms with Crippen LogP contribution >= 0.6 is 0 Å². The average Bonchev–Trinajstić information content (AvgIpc) is 2.85. The number of nitrogens with zero attached hydrogens (tertiary/aromatic N) is 1. The molecule has 4 heteroatoms. The Labute approximate surface area is 229 Å². The van der Waals surface area contributed by atoms with Crippen LogP contribution in [-0.2, 0) is 14.3 Å². The van der Waals surface area contributed by atoms with Crippen LogP contribution in [0.3, 0.4) is 0 Å². The average molecular weight is 518 g/mol. The van der Waals surface area contributed by atoms with Gasteiger partial charge < -0.3 is 9.47 Å². The molecule has 1 aliphatic heterocycles. The maximum atomic E-state index is 6.73. The molecule has 0 radical (unpaired) electrons. The lowest BCUT2D eigenvalue weighted by Gasteiger charge is -2.58. The predicted molar refractivity (Wildman–Crippen MR) is 157 cm³/mol. The largest absolute Gasteiger partial charge is 0.350 e. The van der Waals surface area contributed by atoms with Crippen molar-refractivity contribution in [3.63, 3.8) is 0 Å². The molecule has 0 amide bonds. The molecule has 1 aliphatic rings. The van der Waals surface area contributed by atoms with Gasteiger partial charge in [-0.1, -0.05) is 108 Å². The quantitative estimate of drug-likeness (QED) is 0.135. The van der Waals surface area contributed by atoms with Gasteiger partial charge in [0.1, 0.15) is 6.10 Å². The van der Waals surface area contributed by atoms with Gasteiger partial charge in [0.15, 0.2) is 5.79 Å². The van der Waals surface area contributed by atoms with Crippen LogP contribution < -0.4 is 0 Å². The molecule has 0 aliphatic carbocycles. The first-order valence-electron chi connectivity index (χ1n) is 15.5. The first-order valence-corrected chi connectivity index (χ1v) is 15.5. The van der Waals surface area contributed by atoms with Crippen molar-refractivity contribution in [3.8, 4) is 0 Å². The van der Waals surface area contributed by atoms with E-state index in [0.717, 1.165) is 38.9 Å². The number of unbranched alkanes of at least 4 members (excludes halogenated alkanes) is 10. The van der Waals surface area contributed by atoms with Crippen LogP contribution in [0.15, 0.2) is 30.3 Å². The second kappa shape index (κ2) is 16.2. The highest BCUT2D eigenvalue weighted by Crippen LogP contribution is 2.47. The number of piperidine rings is 1. The van der Waals surface area contributed by atoms with Crippen LogP contribution in [0.2, 0.25) is 0 Å². The molecule has 0 spiro atoms.